The molecule has 0 aromatic heterocycles. The fraction of sp³-hybridized carbons (Fsp3) is 1.00. The first-order chi connectivity index (χ1) is 5.22. The van der Waals surface area contributed by atoms with Gasteiger partial charge in [0.2, 0.25) is 11.8 Å². The van der Waals surface area contributed by atoms with Crippen molar-refractivity contribution in [3.63, 3.8) is 0 Å². The van der Waals surface area contributed by atoms with E-state index in [2.05, 4.69) is 0 Å². The summed E-state index contributed by atoms with van der Waals surface area (Å²) in [5.74, 6) is -9.74. The molecule has 72 valence electrons. The van der Waals surface area contributed by atoms with Gasteiger partial charge in [-0.05, 0) is 6.42 Å². The van der Waals surface area contributed by atoms with Crippen LogP contribution in [0, 0.1) is 0 Å². The van der Waals surface area contributed by atoms with Crippen LogP contribution in [0.1, 0.15) is 13.3 Å². The Balaban J connectivity index is 3.00. The van der Waals surface area contributed by atoms with Crippen LogP contribution in [0.25, 0.3) is 0 Å². The molecule has 0 aromatic rings. The lowest BCUT2D eigenvalue weighted by atomic mass is 9.70. The highest BCUT2D eigenvalue weighted by atomic mass is 19.3. The molecule has 0 nitrogen and oxygen atoms in total. The summed E-state index contributed by atoms with van der Waals surface area (Å²) in [5, 5.41) is 0. The Hall–Kier alpha value is -0.420. The number of halogens is 6. The first-order valence-corrected chi connectivity index (χ1v) is 3.30. The van der Waals surface area contributed by atoms with Gasteiger partial charge in [-0.25, -0.2) is 8.78 Å². The van der Waals surface area contributed by atoms with E-state index in [0.29, 0.717) is 0 Å². The maximum absolute atomic E-state index is 12.7. The zero-order chi connectivity index (χ0) is 9.78. The number of rotatable bonds is 1. The molecular weight excluding hydrogens is 186 g/mol. The van der Waals surface area contributed by atoms with Gasteiger partial charge in [-0.15, -0.1) is 0 Å². The fourth-order valence-electron chi connectivity index (χ4n) is 1.21. The van der Waals surface area contributed by atoms with Crippen LogP contribution in [-0.2, 0) is 0 Å². The summed E-state index contributed by atoms with van der Waals surface area (Å²) in [6.07, 6.45) is -4.36. The van der Waals surface area contributed by atoms with Gasteiger partial charge >= 0.3 is 11.8 Å². The second kappa shape index (κ2) is 2.09. The predicted molar refractivity (Wildman–Crippen MR) is 28.9 cm³/mol. The Labute approximate surface area is 64.6 Å². The smallest absolute Gasteiger partial charge is 0.237 e. The molecule has 0 N–H and O–H groups in total. The zero-order valence-corrected chi connectivity index (χ0v) is 6.05. The minimum Gasteiger partial charge on any atom is -0.237 e. The Kier molecular flexibility index (Phi) is 1.68. The largest absolute Gasteiger partial charge is 0.349 e. The molecule has 1 fully saturated rings. The summed E-state index contributed by atoms with van der Waals surface area (Å²) in [7, 11) is 0. The molecule has 1 aliphatic rings. The van der Waals surface area contributed by atoms with Crippen LogP contribution < -0.4 is 0 Å². The van der Waals surface area contributed by atoms with Gasteiger partial charge in [0.15, 0.2) is 0 Å². The van der Waals surface area contributed by atoms with Crippen molar-refractivity contribution in [1.29, 1.82) is 0 Å². The third kappa shape index (κ3) is 0.664. The normalized spacial score (nSPS) is 43.8. The average molecular weight is 192 g/mol. The van der Waals surface area contributed by atoms with Crippen LogP contribution >= 0.6 is 0 Å². The fourth-order valence-corrected chi connectivity index (χ4v) is 1.21. The van der Waals surface area contributed by atoms with Gasteiger partial charge in [-0.1, -0.05) is 6.92 Å². The van der Waals surface area contributed by atoms with E-state index >= 15 is 0 Å². The molecule has 6 heteroatoms. The standard InChI is InChI=1S/C6H6F6/c1-2-4(8)3(7)5(9,10)6(4,11)12/h3H,2H2,1H3. The average Bonchev–Trinajstić information content (AvgIpc) is 2.00. The third-order valence-corrected chi connectivity index (χ3v) is 2.18. The monoisotopic (exact) mass is 192 g/mol. The summed E-state index contributed by atoms with van der Waals surface area (Å²) in [4.78, 5) is 0. The minimum atomic E-state index is -4.88. The predicted octanol–water partition coefficient (Wildman–Crippen LogP) is 2.73. The van der Waals surface area contributed by atoms with E-state index in [1.165, 1.54) is 0 Å². The lowest BCUT2D eigenvalue weighted by Gasteiger charge is -2.50. The van der Waals surface area contributed by atoms with E-state index < -0.39 is 30.1 Å². The SMILES string of the molecule is CCC1(F)C(F)C(F)(F)C1(F)F. The maximum atomic E-state index is 12.7. The van der Waals surface area contributed by atoms with E-state index in [4.69, 9.17) is 0 Å². The number of hydrogen-bond donors (Lipinski definition) is 0. The quantitative estimate of drug-likeness (QED) is 0.560. The van der Waals surface area contributed by atoms with Gasteiger partial charge in [-0.2, -0.15) is 17.6 Å². The molecule has 0 bridgehead atoms. The van der Waals surface area contributed by atoms with E-state index in [9.17, 15) is 26.3 Å². The van der Waals surface area contributed by atoms with Crippen LogP contribution in [0.15, 0.2) is 0 Å². The summed E-state index contributed by atoms with van der Waals surface area (Å²) in [6, 6.07) is 0. The van der Waals surface area contributed by atoms with Gasteiger partial charge in [0, 0.05) is 0 Å². The summed E-state index contributed by atoms with van der Waals surface area (Å²) in [5.41, 5.74) is -3.70. The van der Waals surface area contributed by atoms with Gasteiger partial charge < -0.3 is 0 Å². The van der Waals surface area contributed by atoms with Crippen molar-refractivity contribution < 1.29 is 26.3 Å². The van der Waals surface area contributed by atoms with Crippen LogP contribution in [-0.4, -0.2) is 23.7 Å². The molecule has 2 atom stereocenters. The Morgan fingerprint density at radius 2 is 1.50 bits per heavy atom. The maximum Gasteiger partial charge on any atom is 0.349 e. The van der Waals surface area contributed by atoms with Crippen LogP contribution in [0.4, 0.5) is 26.3 Å². The molecule has 1 rings (SSSR count). The van der Waals surface area contributed by atoms with E-state index in [-0.39, 0.29) is 0 Å². The summed E-state index contributed by atoms with van der Waals surface area (Å²) >= 11 is 0. The highest BCUT2D eigenvalue weighted by Gasteiger charge is 2.88. The minimum absolute atomic E-state index is 0.899. The summed E-state index contributed by atoms with van der Waals surface area (Å²) in [6.45, 7) is 0.899. The Bertz CT molecular complexity index is 197. The molecule has 12 heavy (non-hydrogen) atoms. The van der Waals surface area contributed by atoms with E-state index in [1.54, 1.807) is 0 Å². The third-order valence-electron chi connectivity index (χ3n) is 2.18. The molecule has 0 amide bonds. The molecule has 2 unspecified atom stereocenters. The van der Waals surface area contributed by atoms with Crippen molar-refractivity contribution in [3.05, 3.63) is 0 Å². The van der Waals surface area contributed by atoms with Gasteiger partial charge in [-0.3, -0.25) is 0 Å². The molecule has 0 heterocycles. The lowest BCUT2D eigenvalue weighted by Crippen LogP contribution is -2.78. The Morgan fingerprint density at radius 3 is 1.67 bits per heavy atom. The Morgan fingerprint density at radius 1 is 1.08 bits per heavy atom. The van der Waals surface area contributed by atoms with Gasteiger partial charge in [0.1, 0.15) is 0 Å². The van der Waals surface area contributed by atoms with Gasteiger partial charge in [0.25, 0.3) is 0 Å². The van der Waals surface area contributed by atoms with Crippen molar-refractivity contribution >= 4 is 0 Å². The molecule has 1 aliphatic carbocycles. The van der Waals surface area contributed by atoms with Crippen molar-refractivity contribution in [2.24, 2.45) is 0 Å². The zero-order valence-electron chi connectivity index (χ0n) is 6.05. The molecule has 0 aliphatic heterocycles. The second-order valence-electron chi connectivity index (χ2n) is 2.78. The van der Waals surface area contributed by atoms with Crippen molar-refractivity contribution in [3.8, 4) is 0 Å². The molecule has 0 radical (unpaired) electrons. The number of hydrogen-bond acceptors (Lipinski definition) is 0. The first-order valence-electron chi connectivity index (χ1n) is 3.30. The van der Waals surface area contributed by atoms with Crippen molar-refractivity contribution in [1.82, 2.24) is 0 Å². The molecule has 1 saturated carbocycles. The number of alkyl halides is 6. The van der Waals surface area contributed by atoms with E-state index in [0.717, 1.165) is 6.92 Å². The molecular formula is C6H6F6. The molecule has 0 aromatic carbocycles. The van der Waals surface area contributed by atoms with Crippen molar-refractivity contribution in [2.45, 2.75) is 37.0 Å². The van der Waals surface area contributed by atoms with Crippen LogP contribution in [0.5, 0.6) is 0 Å². The lowest BCUT2D eigenvalue weighted by molar-refractivity contribution is -0.395. The first kappa shape index (κ1) is 9.67. The summed E-state index contributed by atoms with van der Waals surface area (Å²) < 4.78 is 73.5. The topological polar surface area (TPSA) is 0 Å². The molecule has 0 spiro atoms. The van der Waals surface area contributed by atoms with Crippen LogP contribution in [0.3, 0.4) is 0 Å². The van der Waals surface area contributed by atoms with Crippen LogP contribution in [0.2, 0.25) is 0 Å². The van der Waals surface area contributed by atoms with Crippen molar-refractivity contribution in [2.75, 3.05) is 0 Å². The highest BCUT2D eigenvalue weighted by Crippen LogP contribution is 2.62. The second-order valence-corrected chi connectivity index (χ2v) is 2.78. The van der Waals surface area contributed by atoms with Gasteiger partial charge in [0.05, 0.1) is 0 Å². The highest BCUT2D eigenvalue weighted by molar-refractivity contribution is 5.22. The molecule has 0 saturated heterocycles. The van der Waals surface area contributed by atoms with E-state index in [1.807, 2.05) is 0 Å².